The lowest BCUT2D eigenvalue weighted by molar-refractivity contribution is 0.0703. The minimum absolute atomic E-state index is 0.0591. The Morgan fingerprint density at radius 1 is 1.47 bits per heavy atom. The van der Waals surface area contributed by atoms with Gasteiger partial charge in [-0.2, -0.15) is 0 Å². The first-order chi connectivity index (χ1) is 7.24. The molecule has 1 amide bonds. The Morgan fingerprint density at radius 3 is 3.00 bits per heavy atom. The Kier molecular flexibility index (Phi) is 2.68. The molecule has 0 bridgehead atoms. The largest absolute Gasteiger partial charge is 0.395 e. The summed E-state index contributed by atoms with van der Waals surface area (Å²) in [6, 6.07) is 4.53. The fourth-order valence-electron chi connectivity index (χ4n) is 1.87. The summed E-state index contributed by atoms with van der Waals surface area (Å²) in [7, 11) is 0. The van der Waals surface area contributed by atoms with E-state index in [2.05, 4.69) is 0 Å². The van der Waals surface area contributed by atoms with E-state index < -0.39 is 0 Å². The van der Waals surface area contributed by atoms with E-state index in [1.54, 1.807) is 11.0 Å². The zero-order chi connectivity index (χ0) is 10.8. The summed E-state index contributed by atoms with van der Waals surface area (Å²) in [6.07, 6.45) is 0.522. The highest BCUT2D eigenvalue weighted by atomic mass is 19.1. The molecule has 0 aromatic heterocycles. The van der Waals surface area contributed by atoms with E-state index in [4.69, 9.17) is 5.11 Å². The van der Waals surface area contributed by atoms with Crippen molar-refractivity contribution in [2.75, 3.05) is 19.7 Å². The van der Waals surface area contributed by atoms with Crippen LogP contribution in [0.1, 0.15) is 15.9 Å². The van der Waals surface area contributed by atoms with Gasteiger partial charge in [0, 0.05) is 24.2 Å². The number of nitrogens with zero attached hydrogens (tertiary/aromatic N) is 1. The predicted octanol–water partition coefficient (Wildman–Crippen LogP) is 0.816. The Morgan fingerprint density at radius 2 is 2.27 bits per heavy atom. The number of aliphatic hydroxyl groups is 1. The van der Waals surface area contributed by atoms with Crippen LogP contribution in [-0.4, -0.2) is 35.6 Å². The van der Waals surface area contributed by atoms with Gasteiger partial charge in [0.05, 0.1) is 6.61 Å². The van der Waals surface area contributed by atoms with Gasteiger partial charge in [0.15, 0.2) is 0 Å². The molecule has 1 aromatic rings. The van der Waals surface area contributed by atoms with E-state index in [0.717, 1.165) is 0 Å². The van der Waals surface area contributed by atoms with Crippen molar-refractivity contribution in [2.24, 2.45) is 0 Å². The van der Waals surface area contributed by atoms with Crippen LogP contribution in [-0.2, 0) is 6.42 Å². The van der Waals surface area contributed by atoms with Gasteiger partial charge in [0.2, 0.25) is 0 Å². The van der Waals surface area contributed by atoms with E-state index in [1.807, 2.05) is 0 Å². The van der Waals surface area contributed by atoms with E-state index in [1.165, 1.54) is 12.1 Å². The smallest absolute Gasteiger partial charge is 0.254 e. The lowest BCUT2D eigenvalue weighted by atomic mass is 9.98. The van der Waals surface area contributed by atoms with Crippen LogP contribution < -0.4 is 0 Å². The van der Waals surface area contributed by atoms with Crippen LogP contribution in [0.4, 0.5) is 4.39 Å². The molecule has 15 heavy (non-hydrogen) atoms. The molecule has 0 aliphatic carbocycles. The maximum atomic E-state index is 13.3. The molecule has 4 heteroatoms. The van der Waals surface area contributed by atoms with Crippen LogP contribution in [0.25, 0.3) is 0 Å². The quantitative estimate of drug-likeness (QED) is 0.783. The summed E-state index contributed by atoms with van der Waals surface area (Å²) >= 11 is 0. The second kappa shape index (κ2) is 3.98. The molecule has 0 radical (unpaired) electrons. The normalized spacial score (nSPS) is 15.3. The van der Waals surface area contributed by atoms with Crippen molar-refractivity contribution in [3.63, 3.8) is 0 Å². The Hall–Kier alpha value is -1.42. The molecule has 0 unspecified atom stereocenters. The van der Waals surface area contributed by atoms with Gasteiger partial charge >= 0.3 is 0 Å². The summed E-state index contributed by atoms with van der Waals surface area (Å²) in [5.41, 5.74) is 0.923. The number of β-amino-alcohol motifs (C(OH)–C–C–N with tert-alkyl or cyclic N) is 1. The number of hydrogen-bond donors (Lipinski definition) is 1. The average Bonchev–Trinajstić information content (AvgIpc) is 2.23. The van der Waals surface area contributed by atoms with E-state index in [-0.39, 0.29) is 18.3 Å². The van der Waals surface area contributed by atoms with Gasteiger partial charge < -0.3 is 10.0 Å². The topological polar surface area (TPSA) is 40.5 Å². The Balaban J connectivity index is 2.34. The van der Waals surface area contributed by atoms with Crippen molar-refractivity contribution in [3.8, 4) is 0 Å². The number of carbonyl (C=O) groups is 1. The van der Waals surface area contributed by atoms with Gasteiger partial charge in [-0.3, -0.25) is 4.79 Å². The summed E-state index contributed by atoms with van der Waals surface area (Å²) in [5, 5.41) is 8.77. The van der Waals surface area contributed by atoms with Crippen molar-refractivity contribution in [2.45, 2.75) is 6.42 Å². The van der Waals surface area contributed by atoms with Crippen LogP contribution in [0.2, 0.25) is 0 Å². The van der Waals surface area contributed by atoms with Crippen molar-refractivity contribution in [3.05, 3.63) is 35.1 Å². The van der Waals surface area contributed by atoms with E-state index in [9.17, 15) is 9.18 Å². The van der Waals surface area contributed by atoms with Gasteiger partial charge in [-0.05, 0) is 18.6 Å². The van der Waals surface area contributed by atoms with Crippen LogP contribution in [0, 0.1) is 5.82 Å². The molecule has 0 saturated heterocycles. The lowest BCUT2D eigenvalue weighted by Gasteiger charge is -2.28. The van der Waals surface area contributed by atoms with Crippen molar-refractivity contribution in [1.29, 1.82) is 0 Å². The minimum atomic E-state index is -0.315. The van der Waals surface area contributed by atoms with E-state index in [0.29, 0.717) is 30.6 Å². The molecule has 2 rings (SSSR count). The van der Waals surface area contributed by atoms with Gasteiger partial charge in [-0.15, -0.1) is 0 Å². The molecule has 0 fully saturated rings. The SMILES string of the molecule is O=C1c2cccc(F)c2CCN1CCO. The molecule has 1 N–H and O–H groups in total. The van der Waals surface area contributed by atoms with Crippen molar-refractivity contribution in [1.82, 2.24) is 4.90 Å². The zero-order valence-electron chi connectivity index (χ0n) is 8.24. The molecule has 0 spiro atoms. The summed E-state index contributed by atoms with van der Waals surface area (Å²) in [4.78, 5) is 13.4. The maximum absolute atomic E-state index is 13.3. The number of aliphatic hydroxyl groups excluding tert-OH is 1. The maximum Gasteiger partial charge on any atom is 0.254 e. The van der Waals surface area contributed by atoms with Gasteiger partial charge in [0.1, 0.15) is 5.82 Å². The molecule has 1 aromatic carbocycles. The highest BCUT2D eigenvalue weighted by molar-refractivity contribution is 5.96. The number of halogens is 1. The third kappa shape index (κ3) is 1.72. The van der Waals surface area contributed by atoms with Gasteiger partial charge in [-0.25, -0.2) is 4.39 Å². The molecular formula is C11H12FNO2. The molecule has 0 saturated carbocycles. The molecule has 1 heterocycles. The number of hydrogen-bond acceptors (Lipinski definition) is 2. The second-order valence-electron chi connectivity index (χ2n) is 3.53. The summed E-state index contributed by atoms with van der Waals surface area (Å²) in [6.45, 7) is 0.735. The van der Waals surface area contributed by atoms with Crippen molar-refractivity contribution >= 4 is 5.91 Å². The van der Waals surface area contributed by atoms with Crippen LogP contribution in [0.3, 0.4) is 0 Å². The first-order valence-electron chi connectivity index (χ1n) is 4.91. The molecule has 80 valence electrons. The molecule has 3 nitrogen and oxygen atoms in total. The first-order valence-corrected chi connectivity index (χ1v) is 4.91. The fourth-order valence-corrected chi connectivity index (χ4v) is 1.87. The average molecular weight is 209 g/mol. The van der Waals surface area contributed by atoms with Crippen molar-refractivity contribution < 1.29 is 14.3 Å². The second-order valence-corrected chi connectivity index (χ2v) is 3.53. The van der Waals surface area contributed by atoms with Crippen LogP contribution >= 0.6 is 0 Å². The monoisotopic (exact) mass is 209 g/mol. The predicted molar refractivity (Wildman–Crippen MR) is 53.1 cm³/mol. The zero-order valence-corrected chi connectivity index (χ0v) is 8.24. The minimum Gasteiger partial charge on any atom is -0.395 e. The van der Waals surface area contributed by atoms with Crippen LogP contribution in [0.15, 0.2) is 18.2 Å². The third-order valence-corrected chi connectivity index (χ3v) is 2.64. The Labute approximate surface area is 87.1 Å². The number of fused-ring (bicyclic) bond motifs is 1. The van der Waals surface area contributed by atoms with E-state index >= 15 is 0 Å². The molecule has 1 aliphatic heterocycles. The highest BCUT2D eigenvalue weighted by Gasteiger charge is 2.25. The third-order valence-electron chi connectivity index (χ3n) is 2.64. The molecular weight excluding hydrogens is 197 g/mol. The first kappa shape index (κ1) is 10.1. The summed E-state index contributed by atoms with van der Waals surface area (Å²) in [5.74, 6) is -0.505. The highest BCUT2D eigenvalue weighted by Crippen LogP contribution is 2.21. The van der Waals surface area contributed by atoms with Gasteiger partial charge in [0.25, 0.3) is 5.91 Å². The number of amides is 1. The standard InChI is InChI=1S/C11H12FNO2/c12-10-3-1-2-9-8(10)4-5-13(6-7-14)11(9)15/h1-3,14H,4-7H2. The number of benzene rings is 1. The molecule has 1 aliphatic rings. The molecule has 0 atom stereocenters. The lowest BCUT2D eigenvalue weighted by Crippen LogP contribution is -2.39. The number of rotatable bonds is 2. The Bertz CT molecular complexity index is 392. The fraction of sp³-hybridized carbons (Fsp3) is 0.364. The van der Waals surface area contributed by atoms with Crippen LogP contribution in [0.5, 0.6) is 0 Å². The number of carbonyl (C=O) groups excluding carboxylic acids is 1. The summed E-state index contributed by atoms with van der Waals surface area (Å²) < 4.78 is 13.3. The van der Waals surface area contributed by atoms with Gasteiger partial charge in [-0.1, -0.05) is 6.07 Å².